The van der Waals surface area contributed by atoms with Gasteiger partial charge in [-0.25, -0.2) is 0 Å². The number of nitrogens with one attached hydrogen (secondary N) is 1. The van der Waals surface area contributed by atoms with Crippen molar-refractivity contribution in [2.24, 2.45) is 0 Å². The van der Waals surface area contributed by atoms with Crippen LogP contribution in [0.25, 0.3) is 0 Å². The first-order chi connectivity index (χ1) is 10.7. The highest BCUT2D eigenvalue weighted by atomic mass is 79.9. The van der Waals surface area contributed by atoms with E-state index in [-0.39, 0.29) is 0 Å². The molecule has 0 atom stereocenters. The lowest BCUT2D eigenvalue weighted by atomic mass is 9.93. The summed E-state index contributed by atoms with van der Waals surface area (Å²) < 4.78 is 12.8. The fourth-order valence-electron chi connectivity index (χ4n) is 3.29. The van der Waals surface area contributed by atoms with Gasteiger partial charge in [0.05, 0.1) is 4.47 Å². The molecule has 3 rings (SSSR count). The van der Waals surface area contributed by atoms with E-state index in [1.807, 2.05) is 0 Å². The molecule has 0 bridgehead atoms. The van der Waals surface area contributed by atoms with Gasteiger partial charge in [0.2, 0.25) is 0 Å². The third-order valence-electron chi connectivity index (χ3n) is 4.38. The van der Waals surface area contributed by atoms with Gasteiger partial charge in [0, 0.05) is 38.3 Å². The van der Waals surface area contributed by atoms with Crippen LogP contribution in [-0.4, -0.2) is 50.8 Å². The van der Waals surface area contributed by atoms with Gasteiger partial charge >= 0.3 is 0 Å². The lowest BCUT2D eigenvalue weighted by Crippen LogP contribution is -2.44. The monoisotopic (exact) mass is 368 g/mol. The van der Waals surface area contributed by atoms with Gasteiger partial charge in [-0.15, -0.1) is 0 Å². The van der Waals surface area contributed by atoms with E-state index in [0.29, 0.717) is 19.1 Å². The predicted molar refractivity (Wildman–Crippen MR) is 92.2 cm³/mol. The minimum absolute atomic E-state index is 0.432. The Kier molecular flexibility index (Phi) is 5.26. The molecule has 122 valence electrons. The summed E-state index contributed by atoms with van der Waals surface area (Å²) >= 11 is 3.65. The summed E-state index contributed by atoms with van der Waals surface area (Å²) in [6.07, 6.45) is 1.06. The molecule has 0 unspecified atom stereocenters. The maximum absolute atomic E-state index is 5.95. The van der Waals surface area contributed by atoms with Crippen molar-refractivity contribution in [1.82, 2.24) is 10.2 Å². The Morgan fingerprint density at radius 1 is 1.18 bits per heavy atom. The van der Waals surface area contributed by atoms with Gasteiger partial charge in [0.1, 0.15) is 13.2 Å². The highest BCUT2D eigenvalue weighted by molar-refractivity contribution is 9.10. The number of piperazine rings is 1. The van der Waals surface area contributed by atoms with Crippen molar-refractivity contribution in [2.75, 3.05) is 45.9 Å². The number of fused-ring (bicyclic) bond motifs is 1. The number of rotatable bonds is 4. The summed E-state index contributed by atoms with van der Waals surface area (Å²) in [5.74, 6) is 2.26. The molecule has 1 aromatic rings. The number of halogens is 1. The molecular weight excluding hydrogens is 344 g/mol. The molecule has 2 aliphatic rings. The highest BCUT2D eigenvalue weighted by Crippen LogP contribution is 2.45. The molecule has 0 saturated carbocycles. The van der Waals surface area contributed by atoms with E-state index in [1.54, 1.807) is 0 Å². The Morgan fingerprint density at radius 3 is 2.55 bits per heavy atom. The van der Waals surface area contributed by atoms with Crippen LogP contribution < -0.4 is 14.8 Å². The largest absolute Gasteiger partial charge is 0.486 e. The fraction of sp³-hybridized carbons (Fsp3) is 0.647. The molecule has 1 N–H and O–H groups in total. The molecule has 4 nitrogen and oxygen atoms in total. The lowest BCUT2D eigenvalue weighted by Gasteiger charge is -2.29. The van der Waals surface area contributed by atoms with Crippen LogP contribution in [0.15, 0.2) is 10.5 Å². The molecule has 0 aromatic heterocycles. The van der Waals surface area contributed by atoms with Crippen molar-refractivity contribution in [1.29, 1.82) is 0 Å². The third-order valence-corrected chi connectivity index (χ3v) is 4.96. The number of hydrogen-bond acceptors (Lipinski definition) is 4. The van der Waals surface area contributed by atoms with Crippen molar-refractivity contribution < 1.29 is 9.47 Å². The Balaban J connectivity index is 1.84. The maximum Gasteiger partial charge on any atom is 0.175 e. The Bertz CT molecular complexity index is 528. The van der Waals surface area contributed by atoms with Gasteiger partial charge in [-0.05, 0) is 39.9 Å². The van der Waals surface area contributed by atoms with Crippen molar-refractivity contribution in [3.8, 4) is 11.5 Å². The normalized spacial score (nSPS) is 18.7. The van der Waals surface area contributed by atoms with Gasteiger partial charge in [-0.2, -0.15) is 0 Å². The van der Waals surface area contributed by atoms with E-state index in [0.717, 1.165) is 55.1 Å². The van der Waals surface area contributed by atoms with E-state index in [1.165, 1.54) is 11.1 Å². The molecule has 22 heavy (non-hydrogen) atoms. The van der Waals surface area contributed by atoms with Gasteiger partial charge in [-0.1, -0.05) is 13.8 Å². The van der Waals surface area contributed by atoms with Gasteiger partial charge in [0.15, 0.2) is 11.5 Å². The van der Waals surface area contributed by atoms with Crippen LogP contribution in [0, 0.1) is 0 Å². The number of hydrogen-bond donors (Lipinski definition) is 1. The Labute approximate surface area is 141 Å². The molecule has 1 saturated heterocycles. The number of nitrogens with zero attached hydrogens (tertiary/aromatic N) is 1. The fourth-order valence-corrected chi connectivity index (χ4v) is 3.86. The third kappa shape index (κ3) is 3.42. The highest BCUT2D eigenvalue weighted by Gasteiger charge is 2.24. The zero-order valence-electron chi connectivity index (χ0n) is 13.5. The molecule has 2 aliphatic heterocycles. The molecular formula is C17H25BrN2O2. The quantitative estimate of drug-likeness (QED) is 0.885. The molecule has 5 heteroatoms. The minimum atomic E-state index is 0.432. The zero-order valence-corrected chi connectivity index (χ0v) is 15.0. The Hall–Kier alpha value is -0.780. The average Bonchev–Trinajstić information content (AvgIpc) is 2.53. The van der Waals surface area contributed by atoms with Gasteiger partial charge in [0.25, 0.3) is 0 Å². The second-order valence-corrected chi connectivity index (χ2v) is 7.14. The van der Waals surface area contributed by atoms with E-state index in [9.17, 15) is 0 Å². The first-order valence-corrected chi connectivity index (χ1v) is 9.00. The SMILES string of the molecule is CC(C)c1c(CCN2CCNCC2)cc(Br)c2c1OCCO2. The summed E-state index contributed by atoms with van der Waals surface area (Å²) in [6, 6.07) is 2.23. The van der Waals surface area contributed by atoms with Crippen molar-refractivity contribution in [3.05, 3.63) is 21.7 Å². The molecule has 0 spiro atoms. The molecule has 2 heterocycles. The van der Waals surface area contributed by atoms with E-state index in [4.69, 9.17) is 9.47 Å². The zero-order chi connectivity index (χ0) is 15.5. The second-order valence-electron chi connectivity index (χ2n) is 6.28. The molecule has 0 radical (unpaired) electrons. The standard InChI is InChI=1S/C17H25BrN2O2/c1-12(2)15-13(3-6-20-7-4-19-5-8-20)11-14(18)16-17(15)22-10-9-21-16/h11-12,19H,3-10H2,1-2H3. The molecule has 1 fully saturated rings. The van der Waals surface area contributed by atoms with Crippen LogP contribution in [0.5, 0.6) is 11.5 Å². The summed E-state index contributed by atoms with van der Waals surface area (Å²) in [4.78, 5) is 2.53. The summed E-state index contributed by atoms with van der Waals surface area (Å²) in [5.41, 5.74) is 2.69. The van der Waals surface area contributed by atoms with Crippen LogP contribution in [0.1, 0.15) is 30.9 Å². The van der Waals surface area contributed by atoms with E-state index >= 15 is 0 Å². The topological polar surface area (TPSA) is 33.7 Å². The van der Waals surface area contributed by atoms with Crippen LogP contribution in [0.4, 0.5) is 0 Å². The van der Waals surface area contributed by atoms with Gasteiger partial charge in [-0.3, -0.25) is 0 Å². The first kappa shape index (κ1) is 16.1. The van der Waals surface area contributed by atoms with Crippen LogP contribution >= 0.6 is 15.9 Å². The molecule has 0 amide bonds. The maximum atomic E-state index is 5.95. The lowest BCUT2D eigenvalue weighted by molar-refractivity contribution is 0.168. The molecule has 0 aliphatic carbocycles. The predicted octanol–water partition coefficient (Wildman–Crippen LogP) is 2.79. The second kappa shape index (κ2) is 7.20. The number of ether oxygens (including phenoxy) is 2. The number of benzene rings is 1. The van der Waals surface area contributed by atoms with Crippen LogP contribution in [-0.2, 0) is 6.42 Å². The minimum Gasteiger partial charge on any atom is -0.486 e. The van der Waals surface area contributed by atoms with Crippen LogP contribution in [0.3, 0.4) is 0 Å². The van der Waals surface area contributed by atoms with Crippen molar-refractivity contribution in [2.45, 2.75) is 26.2 Å². The smallest absolute Gasteiger partial charge is 0.175 e. The van der Waals surface area contributed by atoms with Crippen molar-refractivity contribution >= 4 is 15.9 Å². The van der Waals surface area contributed by atoms with Gasteiger partial charge < -0.3 is 19.7 Å². The van der Waals surface area contributed by atoms with E-state index in [2.05, 4.69) is 46.1 Å². The van der Waals surface area contributed by atoms with Crippen LogP contribution in [0.2, 0.25) is 0 Å². The summed E-state index contributed by atoms with van der Waals surface area (Å²) in [6.45, 7) is 11.3. The first-order valence-electron chi connectivity index (χ1n) is 8.20. The van der Waals surface area contributed by atoms with E-state index < -0.39 is 0 Å². The molecule has 1 aromatic carbocycles. The Morgan fingerprint density at radius 2 is 1.86 bits per heavy atom. The average molecular weight is 369 g/mol. The summed E-state index contributed by atoms with van der Waals surface area (Å²) in [7, 11) is 0. The van der Waals surface area contributed by atoms with Crippen molar-refractivity contribution in [3.63, 3.8) is 0 Å². The summed E-state index contributed by atoms with van der Waals surface area (Å²) in [5, 5.41) is 3.41.